The van der Waals surface area contributed by atoms with Crippen LogP contribution in [0.4, 0.5) is 4.39 Å². The molecule has 26 heavy (non-hydrogen) atoms. The molecule has 0 saturated carbocycles. The summed E-state index contributed by atoms with van der Waals surface area (Å²) in [6.07, 6.45) is 0. The molecule has 0 bridgehead atoms. The number of esters is 1. The highest BCUT2D eigenvalue weighted by molar-refractivity contribution is 6.35. The van der Waals surface area contributed by atoms with Crippen molar-refractivity contribution in [1.82, 2.24) is 5.16 Å². The number of benzene rings is 2. The summed E-state index contributed by atoms with van der Waals surface area (Å²) < 4.78 is 29.1. The molecule has 0 spiro atoms. The Labute approximate surface area is 158 Å². The van der Waals surface area contributed by atoms with Gasteiger partial charge in [0, 0.05) is 11.1 Å². The van der Waals surface area contributed by atoms with E-state index in [2.05, 4.69) is 5.16 Å². The third-order valence-corrected chi connectivity index (χ3v) is 3.85. The molecule has 0 saturated heterocycles. The summed E-state index contributed by atoms with van der Waals surface area (Å²) >= 11 is 11.7. The van der Waals surface area contributed by atoms with Crippen molar-refractivity contribution in [3.63, 3.8) is 0 Å². The lowest BCUT2D eigenvalue weighted by Crippen LogP contribution is -2.15. The standard InChI is InChI=1S/C18H12Cl2FNO4/c19-11-5-6-16(14(20)7-11)24-10-18(23)25-9-12-8-17(26-22-12)13-3-1-2-4-15(13)21/h1-8H,9-10H2. The van der Waals surface area contributed by atoms with Crippen molar-refractivity contribution in [3.05, 3.63) is 70.1 Å². The van der Waals surface area contributed by atoms with Gasteiger partial charge in [0.1, 0.15) is 23.9 Å². The maximum absolute atomic E-state index is 13.7. The molecular formula is C18H12Cl2FNO4. The van der Waals surface area contributed by atoms with Crippen molar-refractivity contribution >= 4 is 29.2 Å². The molecule has 0 aliphatic carbocycles. The molecule has 0 N–H and O–H groups in total. The average molecular weight is 396 g/mol. The van der Waals surface area contributed by atoms with Gasteiger partial charge in [-0.05, 0) is 30.3 Å². The van der Waals surface area contributed by atoms with Gasteiger partial charge >= 0.3 is 5.97 Å². The Kier molecular flexibility index (Phi) is 5.75. The number of carbonyl (C=O) groups excluding carboxylic acids is 1. The fraction of sp³-hybridized carbons (Fsp3) is 0.111. The highest BCUT2D eigenvalue weighted by Crippen LogP contribution is 2.27. The zero-order valence-electron chi connectivity index (χ0n) is 13.2. The zero-order chi connectivity index (χ0) is 18.5. The molecule has 5 nitrogen and oxygen atoms in total. The minimum Gasteiger partial charge on any atom is -0.480 e. The summed E-state index contributed by atoms with van der Waals surface area (Å²) in [4.78, 5) is 11.8. The lowest BCUT2D eigenvalue weighted by molar-refractivity contribution is -0.147. The SMILES string of the molecule is O=C(COc1ccc(Cl)cc1Cl)OCc1cc(-c2ccccc2F)on1. The van der Waals surface area contributed by atoms with E-state index in [1.165, 1.54) is 18.2 Å². The summed E-state index contributed by atoms with van der Waals surface area (Å²) in [5.74, 6) is -0.485. The van der Waals surface area contributed by atoms with Crippen molar-refractivity contribution in [2.45, 2.75) is 6.61 Å². The van der Waals surface area contributed by atoms with Crippen molar-refractivity contribution in [2.75, 3.05) is 6.61 Å². The molecular weight excluding hydrogens is 384 g/mol. The summed E-state index contributed by atoms with van der Waals surface area (Å²) in [7, 11) is 0. The van der Waals surface area contributed by atoms with Gasteiger partial charge in [0.05, 0.1) is 10.6 Å². The molecule has 0 unspecified atom stereocenters. The van der Waals surface area contributed by atoms with Crippen LogP contribution in [-0.4, -0.2) is 17.7 Å². The third kappa shape index (κ3) is 4.53. The van der Waals surface area contributed by atoms with Gasteiger partial charge in [-0.2, -0.15) is 0 Å². The van der Waals surface area contributed by atoms with Crippen LogP contribution in [0.2, 0.25) is 10.0 Å². The number of carbonyl (C=O) groups is 1. The van der Waals surface area contributed by atoms with Gasteiger partial charge < -0.3 is 14.0 Å². The predicted molar refractivity (Wildman–Crippen MR) is 93.7 cm³/mol. The van der Waals surface area contributed by atoms with Gasteiger partial charge in [0.25, 0.3) is 0 Å². The van der Waals surface area contributed by atoms with E-state index in [0.717, 1.165) is 0 Å². The Morgan fingerprint density at radius 2 is 1.96 bits per heavy atom. The number of nitrogens with zero attached hydrogens (tertiary/aromatic N) is 1. The second-order valence-corrected chi connectivity index (χ2v) is 6.03. The maximum Gasteiger partial charge on any atom is 0.344 e. The molecule has 134 valence electrons. The van der Waals surface area contributed by atoms with Gasteiger partial charge in [-0.25, -0.2) is 9.18 Å². The molecule has 8 heteroatoms. The minimum absolute atomic E-state index is 0.130. The van der Waals surface area contributed by atoms with Gasteiger partial charge in [-0.15, -0.1) is 0 Å². The van der Waals surface area contributed by atoms with Crippen LogP contribution < -0.4 is 4.74 Å². The second-order valence-electron chi connectivity index (χ2n) is 5.19. The molecule has 1 heterocycles. The summed E-state index contributed by atoms with van der Waals surface area (Å²) in [6.45, 7) is -0.464. The van der Waals surface area contributed by atoms with Crippen molar-refractivity contribution in [1.29, 1.82) is 0 Å². The molecule has 0 aliphatic rings. The van der Waals surface area contributed by atoms with E-state index >= 15 is 0 Å². The van der Waals surface area contributed by atoms with Crippen molar-refractivity contribution in [3.8, 4) is 17.1 Å². The molecule has 0 radical (unpaired) electrons. The zero-order valence-corrected chi connectivity index (χ0v) is 14.8. The van der Waals surface area contributed by atoms with E-state index in [1.807, 2.05) is 0 Å². The smallest absolute Gasteiger partial charge is 0.344 e. The summed E-state index contributed by atoms with van der Waals surface area (Å²) in [5.41, 5.74) is 0.624. The lowest BCUT2D eigenvalue weighted by Gasteiger charge is -2.07. The Balaban J connectivity index is 1.53. The monoisotopic (exact) mass is 395 g/mol. The molecule has 1 aromatic heterocycles. The first-order chi connectivity index (χ1) is 12.5. The van der Waals surface area contributed by atoms with Crippen LogP contribution >= 0.6 is 23.2 Å². The average Bonchev–Trinajstić information content (AvgIpc) is 3.08. The number of hydrogen-bond donors (Lipinski definition) is 0. The first-order valence-corrected chi connectivity index (χ1v) is 8.22. The topological polar surface area (TPSA) is 61.6 Å². The third-order valence-electron chi connectivity index (χ3n) is 3.32. The lowest BCUT2D eigenvalue weighted by atomic mass is 10.1. The van der Waals surface area contributed by atoms with Gasteiger partial charge in [0.2, 0.25) is 0 Å². The van der Waals surface area contributed by atoms with E-state index in [1.54, 1.807) is 30.3 Å². The van der Waals surface area contributed by atoms with Gasteiger partial charge in [-0.1, -0.05) is 40.5 Å². The highest BCUT2D eigenvalue weighted by Gasteiger charge is 2.13. The Morgan fingerprint density at radius 1 is 1.15 bits per heavy atom. The Hall–Kier alpha value is -2.57. The van der Waals surface area contributed by atoms with E-state index < -0.39 is 11.8 Å². The van der Waals surface area contributed by atoms with Crippen molar-refractivity contribution < 1.29 is 23.2 Å². The van der Waals surface area contributed by atoms with Crippen LogP contribution in [0.15, 0.2) is 53.1 Å². The van der Waals surface area contributed by atoms with Crippen LogP contribution in [-0.2, 0) is 16.1 Å². The number of rotatable bonds is 6. The Morgan fingerprint density at radius 3 is 2.73 bits per heavy atom. The van der Waals surface area contributed by atoms with Crippen molar-refractivity contribution in [2.24, 2.45) is 0 Å². The van der Waals surface area contributed by atoms with E-state index in [0.29, 0.717) is 16.5 Å². The molecule has 3 rings (SSSR count). The minimum atomic E-state index is -0.619. The number of ether oxygens (including phenoxy) is 2. The highest BCUT2D eigenvalue weighted by atomic mass is 35.5. The molecule has 2 aromatic carbocycles. The second kappa shape index (κ2) is 8.21. The molecule has 0 atom stereocenters. The first kappa shape index (κ1) is 18.2. The molecule has 3 aromatic rings. The summed E-state index contributed by atoms with van der Waals surface area (Å²) in [5, 5.41) is 4.50. The van der Waals surface area contributed by atoms with Gasteiger partial charge in [-0.3, -0.25) is 0 Å². The molecule has 0 fully saturated rings. The fourth-order valence-corrected chi connectivity index (χ4v) is 2.56. The maximum atomic E-state index is 13.7. The number of aromatic nitrogens is 1. The predicted octanol–water partition coefficient (Wildman–Crippen LogP) is 4.91. The van der Waals surface area contributed by atoms with E-state index in [9.17, 15) is 9.18 Å². The number of halogens is 3. The molecule has 0 amide bonds. The van der Waals surface area contributed by atoms with Crippen LogP contribution in [0.5, 0.6) is 5.75 Å². The van der Waals surface area contributed by atoms with Crippen LogP contribution in [0.1, 0.15) is 5.69 Å². The molecule has 0 aliphatic heterocycles. The van der Waals surface area contributed by atoms with E-state index in [4.69, 9.17) is 37.2 Å². The summed E-state index contributed by atoms with van der Waals surface area (Å²) in [6, 6.07) is 12.3. The van der Waals surface area contributed by atoms with E-state index in [-0.39, 0.29) is 29.6 Å². The Bertz CT molecular complexity index is 929. The largest absolute Gasteiger partial charge is 0.480 e. The number of hydrogen-bond acceptors (Lipinski definition) is 5. The fourth-order valence-electron chi connectivity index (χ4n) is 2.09. The quantitative estimate of drug-likeness (QED) is 0.554. The van der Waals surface area contributed by atoms with Gasteiger partial charge in [0.15, 0.2) is 12.4 Å². The first-order valence-electron chi connectivity index (χ1n) is 7.47. The normalized spacial score (nSPS) is 10.6. The van der Waals surface area contributed by atoms with Crippen LogP contribution in [0.3, 0.4) is 0 Å². The van der Waals surface area contributed by atoms with Crippen LogP contribution in [0, 0.1) is 5.82 Å². The van der Waals surface area contributed by atoms with Crippen LogP contribution in [0.25, 0.3) is 11.3 Å².